The second-order valence-electron chi connectivity index (χ2n) is 5.73. The maximum atomic E-state index is 3.73. The molecule has 1 unspecified atom stereocenters. The molecule has 0 saturated carbocycles. The fraction of sp³-hybridized carbons (Fsp3) is 0.765. The molecule has 0 aromatic rings. The van der Waals surface area contributed by atoms with Gasteiger partial charge < -0.3 is 0 Å². The largest absolute Gasteiger partial charge is 0.0674 e. The van der Waals surface area contributed by atoms with Crippen molar-refractivity contribution in [1.82, 2.24) is 0 Å². The summed E-state index contributed by atoms with van der Waals surface area (Å²) in [6.07, 6.45) is 13.4. The molecule has 0 N–H and O–H groups in total. The van der Waals surface area contributed by atoms with Crippen molar-refractivity contribution in [2.24, 2.45) is 11.8 Å². The van der Waals surface area contributed by atoms with Gasteiger partial charge in [0.15, 0.2) is 0 Å². The van der Waals surface area contributed by atoms with Gasteiger partial charge >= 0.3 is 0 Å². The quantitative estimate of drug-likeness (QED) is 0.358. The number of unbranched alkanes of at least 4 members (excludes halogenated alkanes) is 2. The predicted molar refractivity (Wildman–Crippen MR) is 96.0 cm³/mol. The van der Waals surface area contributed by atoms with Gasteiger partial charge in [-0.05, 0) is 52.9 Å². The molecule has 0 aliphatic heterocycles. The van der Waals surface area contributed by atoms with Crippen molar-refractivity contribution in [2.75, 3.05) is 0 Å². The van der Waals surface area contributed by atoms with Crippen LogP contribution >= 0.6 is 31.9 Å². The molecule has 0 bridgehead atoms. The van der Waals surface area contributed by atoms with Crippen LogP contribution in [0.2, 0.25) is 0 Å². The Hall–Kier alpha value is 0.440. The molecule has 0 radical (unpaired) electrons. The molecule has 0 fully saturated rings. The van der Waals surface area contributed by atoms with Crippen LogP contribution in [0.25, 0.3) is 0 Å². The molecule has 0 aromatic heterocycles. The van der Waals surface area contributed by atoms with Gasteiger partial charge in [-0.3, -0.25) is 0 Å². The van der Waals surface area contributed by atoms with E-state index in [1.54, 1.807) is 0 Å². The predicted octanol–water partition coefficient (Wildman–Crippen LogP) is 7.59. The minimum atomic E-state index is 0.553. The molecule has 2 heteroatoms. The van der Waals surface area contributed by atoms with Crippen LogP contribution in [-0.4, -0.2) is 0 Å². The molecule has 0 aromatic carbocycles. The smallest absolute Gasteiger partial charge is 0.00291 e. The van der Waals surface area contributed by atoms with E-state index in [-0.39, 0.29) is 0 Å². The summed E-state index contributed by atoms with van der Waals surface area (Å²) in [6, 6.07) is 0. The van der Waals surface area contributed by atoms with Crippen LogP contribution in [0.5, 0.6) is 0 Å². The summed E-state index contributed by atoms with van der Waals surface area (Å²) in [5.74, 6) is 1.29. The zero-order valence-electron chi connectivity index (χ0n) is 13.0. The van der Waals surface area contributed by atoms with Crippen molar-refractivity contribution < 1.29 is 0 Å². The summed E-state index contributed by atoms with van der Waals surface area (Å²) < 4.78 is 2.74. The Labute approximate surface area is 137 Å². The maximum Gasteiger partial charge on any atom is -0.00291 e. The Morgan fingerprint density at radius 3 is 1.63 bits per heavy atom. The lowest BCUT2D eigenvalue weighted by Gasteiger charge is -2.13. The van der Waals surface area contributed by atoms with Crippen LogP contribution in [0.15, 0.2) is 21.1 Å². The number of hydrogen-bond donors (Lipinski definition) is 0. The number of halogens is 2. The van der Waals surface area contributed by atoms with E-state index in [0.717, 1.165) is 5.92 Å². The first kappa shape index (κ1) is 19.4. The first-order valence-electron chi connectivity index (χ1n) is 7.71. The lowest BCUT2D eigenvalue weighted by molar-refractivity contribution is 0.530. The Morgan fingerprint density at radius 1 is 0.895 bits per heavy atom. The first-order chi connectivity index (χ1) is 8.99. The SMILES string of the molecule is CCCC/C(Br)=C/C(/C=C(/Br)CCCC)CC(C)C. The van der Waals surface area contributed by atoms with E-state index in [9.17, 15) is 0 Å². The summed E-state index contributed by atoms with van der Waals surface area (Å²) in [7, 11) is 0. The van der Waals surface area contributed by atoms with E-state index in [1.807, 2.05) is 0 Å². The summed E-state index contributed by atoms with van der Waals surface area (Å²) in [4.78, 5) is 0. The highest BCUT2D eigenvalue weighted by Crippen LogP contribution is 2.26. The molecule has 0 nitrogen and oxygen atoms in total. The van der Waals surface area contributed by atoms with E-state index in [4.69, 9.17) is 0 Å². The fourth-order valence-corrected chi connectivity index (χ4v) is 3.29. The normalized spacial score (nSPS) is 15.1. The van der Waals surface area contributed by atoms with Crippen molar-refractivity contribution in [2.45, 2.75) is 72.6 Å². The zero-order valence-corrected chi connectivity index (χ0v) is 16.2. The van der Waals surface area contributed by atoms with Crippen LogP contribution in [0.1, 0.15) is 72.6 Å². The van der Waals surface area contributed by atoms with Gasteiger partial charge in [0.25, 0.3) is 0 Å². The third-order valence-corrected chi connectivity index (χ3v) is 4.39. The maximum absolute atomic E-state index is 3.73. The van der Waals surface area contributed by atoms with Crippen molar-refractivity contribution in [3.8, 4) is 0 Å². The fourth-order valence-electron chi connectivity index (χ4n) is 2.05. The lowest BCUT2D eigenvalue weighted by atomic mass is 9.95. The van der Waals surface area contributed by atoms with Crippen LogP contribution in [0.3, 0.4) is 0 Å². The standard InChI is InChI=1S/C17H30Br2/c1-5-7-9-16(18)12-15(11-14(3)4)13-17(19)10-8-6-2/h12-15H,5-11H2,1-4H3/b16-12-,17-13+. The average molecular weight is 394 g/mol. The Bertz CT molecular complexity index is 253. The number of hydrogen-bond acceptors (Lipinski definition) is 0. The van der Waals surface area contributed by atoms with Crippen LogP contribution in [0.4, 0.5) is 0 Å². The molecule has 0 heterocycles. The monoisotopic (exact) mass is 392 g/mol. The van der Waals surface area contributed by atoms with Gasteiger partial charge in [0, 0.05) is 0 Å². The van der Waals surface area contributed by atoms with Gasteiger partial charge in [-0.1, -0.05) is 84.5 Å². The molecule has 0 amide bonds. The summed E-state index contributed by atoms with van der Waals surface area (Å²) >= 11 is 7.46. The Balaban J connectivity index is 4.61. The molecule has 112 valence electrons. The molecule has 0 rings (SSSR count). The zero-order chi connectivity index (χ0) is 14.7. The van der Waals surface area contributed by atoms with Crippen LogP contribution in [0, 0.1) is 11.8 Å². The van der Waals surface area contributed by atoms with E-state index < -0.39 is 0 Å². The highest BCUT2D eigenvalue weighted by Gasteiger charge is 2.08. The van der Waals surface area contributed by atoms with Gasteiger partial charge in [-0.2, -0.15) is 0 Å². The van der Waals surface area contributed by atoms with Crippen LogP contribution < -0.4 is 0 Å². The van der Waals surface area contributed by atoms with Gasteiger partial charge in [-0.25, -0.2) is 0 Å². The summed E-state index contributed by atoms with van der Waals surface area (Å²) in [5, 5.41) is 0. The molecule has 19 heavy (non-hydrogen) atoms. The molecular weight excluding hydrogens is 364 g/mol. The van der Waals surface area contributed by atoms with Gasteiger partial charge in [0.05, 0.1) is 0 Å². The van der Waals surface area contributed by atoms with E-state index in [1.165, 1.54) is 53.9 Å². The van der Waals surface area contributed by atoms with Gasteiger partial charge in [0.1, 0.15) is 0 Å². The second kappa shape index (κ2) is 12.2. The first-order valence-corrected chi connectivity index (χ1v) is 9.30. The van der Waals surface area contributed by atoms with Crippen molar-refractivity contribution in [3.63, 3.8) is 0 Å². The average Bonchev–Trinajstić information content (AvgIpc) is 2.32. The van der Waals surface area contributed by atoms with Crippen LogP contribution in [-0.2, 0) is 0 Å². The molecule has 1 atom stereocenters. The summed E-state index contributed by atoms with van der Waals surface area (Å²) in [6.45, 7) is 9.09. The third-order valence-electron chi connectivity index (χ3n) is 3.07. The Kier molecular flexibility index (Phi) is 12.5. The molecule has 0 spiro atoms. The highest BCUT2D eigenvalue weighted by atomic mass is 79.9. The van der Waals surface area contributed by atoms with Gasteiger partial charge in [0.2, 0.25) is 0 Å². The van der Waals surface area contributed by atoms with Crippen molar-refractivity contribution in [3.05, 3.63) is 21.1 Å². The third kappa shape index (κ3) is 11.9. The topological polar surface area (TPSA) is 0 Å². The highest BCUT2D eigenvalue weighted by molar-refractivity contribution is 9.12. The van der Waals surface area contributed by atoms with E-state index in [2.05, 4.69) is 71.7 Å². The molecule has 0 saturated heterocycles. The van der Waals surface area contributed by atoms with E-state index in [0.29, 0.717) is 5.92 Å². The molecule has 0 aliphatic rings. The number of rotatable bonds is 10. The minimum absolute atomic E-state index is 0.553. The Morgan fingerprint density at radius 2 is 1.32 bits per heavy atom. The van der Waals surface area contributed by atoms with Crippen molar-refractivity contribution in [1.29, 1.82) is 0 Å². The minimum Gasteiger partial charge on any atom is -0.0674 e. The van der Waals surface area contributed by atoms with E-state index >= 15 is 0 Å². The van der Waals surface area contributed by atoms with Gasteiger partial charge in [-0.15, -0.1) is 0 Å². The second-order valence-corrected chi connectivity index (χ2v) is 7.76. The molecule has 0 aliphatic carbocycles. The lowest BCUT2D eigenvalue weighted by Crippen LogP contribution is -2.00. The molecular formula is C17H30Br2. The van der Waals surface area contributed by atoms with Crippen molar-refractivity contribution >= 4 is 31.9 Å². The number of allylic oxidation sites excluding steroid dienone is 4. The summed E-state index contributed by atoms with van der Waals surface area (Å²) in [5.41, 5.74) is 0.